The lowest BCUT2D eigenvalue weighted by molar-refractivity contribution is -0.385. The Morgan fingerprint density at radius 1 is 1.23 bits per heavy atom. The molecule has 0 spiro atoms. The van der Waals surface area contributed by atoms with Crippen LogP contribution in [0.5, 0.6) is 5.75 Å². The predicted octanol–water partition coefficient (Wildman–Crippen LogP) is 4.16. The topological polar surface area (TPSA) is 137 Å². The molecule has 2 aromatic carbocycles. The number of carbonyl (C=O) groups is 1. The second-order valence-electron chi connectivity index (χ2n) is 7.38. The lowest BCUT2D eigenvalue weighted by Crippen LogP contribution is -2.34. The van der Waals surface area contributed by atoms with Gasteiger partial charge >= 0.3 is 5.69 Å². The van der Waals surface area contributed by atoms with E-state index in [1.807, 2.05) is 32.0 Å². The number of rotatable bonds is 7. The minimum absolute atomic E-state index is 0.0539. The highest BCUT2D eigenvalue weighted by Crippen LogP contribution is 2.30. The Bertz CT molecular complexity index is 1450. The molecule has 0 radical (unpaired) electrons. The Morgan fingerprint density at radius 2 is 2.03 bits per heavy atom. The number of hydrogen-bond donors (Lipinski definition) is 2. The standard InChI is InChI=1S/C22H21N7O4S2/c1-4-18-25-26-22-28(18)27-20(35-22)14-7-6-12(3)15(10-14)23-21(34)24-19(30)13-8-9-17(33-5-2)16(11-13)29(31)32/h6-11H,4-5H2,1-3H3,(H2,23,24,30,34). The van der Waals surface area contributed by atoms with Gasteiger partial charge < -0.3 is 10.1 Å². The summed E-state index contributed by atoms with van der Waals surface area (Å²) in [5, 5.41) is 30.6. The van der Waals surface area contributed by atoms with Crippen LogP contribution in [-0.4, -0.2) is 42.4 Å². The zero-order valence-electron chi connectivity index (χ0n) is 19.1. The average molecular weight is 512 g/mol. The first-order valence-electron chi connectivity index (χ1n) is 10.7. The summed E-state index contributed by atoms with van der Waals surface area (Å²) in [5.41, 5.74) is 2.23. The SMILES string of the molecule is CCOc1ccc(C(=O)NC(=S)Nc2cc(-c3nn4c(CC)nnc4s3)ccc2C)cc1[N+](=O)[O-]. The van der Waals surface area contributed by atoms with Gasteiger partial charge in [0.2, 0.25) is 4.96 Å². The van der Waals surface area contributed by atoms with Crippen molar-refractivity contribution in [3.05, 3.63) is 63.5 Å². The Morgan fingerprint density at radius 3 is 2.74 bits per heavy atom. The minimum atomic E-state index is -0.595. The van der Waals surface area contributed by atoms with Crippen molar-refractivity contribution < 1.29 is 14.5 Å². The van der Waals surface area contributed by atoms with Gasteiger partial charge in [0, 0.05) is 29.3 Å². The number of nitro groups is 1. The summed E-state index contributed by atoms with van der Waals surface area (Å²) in [6.45, 7) is 5.88. The number of nitro benzene ring substituents is 1. The van der Waals surface area contributed by atoms with Crippen molar-refractivity contribution in [2.45, 2.75) is 27.2 Å². The van der Waals surface area contributed by atoms with Crippen LogP contribution in [0, 0.1) is 17.0 Å². The number of nitrogens with one attached hydrogen (secondary N) is 2. The molecular formula is C22H21N7O4S2. The number of fused-ring (bicyclic) bond motifs is 1. The van der Waals surface area contributed by atoms with E-state index in [4.69, 9.17) is 17.0 Å². The van der Waals surface area contributed by atoms with Crippen molar-refractivity contribution in [3.63, 3.8) is 0 Å². The number of hydrogen-bond acceptors (Lipinski definition) is 9. The number of thiocarbonyl (C=S) groups is 1. The van der Waals surface area contributed by atoms with Crippen molar-refractivity contribution in [2.75, 3.05) is 11.9 Å². The zero-order valence-corrected chi connectivity index (χ0v) is 20.7. The number of aryl methyl sites for hydroxylation is 2. The van der Waals surface area contributed by atoms with Gasteiger partial charge in [0.15, 0.2) is 16.7 Å². The Kier molecular flexibility index (Phi) is 6.98. The highest BCUT2D eigenvalue weighted by atomic mass is 32.1. The monoisotopic (exact) mass is 511 g/mol. The first-order valence-corrected chi connectivity index (χ1v) is 11.9. The van der Waals surface area contributed by atoms with E-state index >= 15 is 0 Å². The minimum Gasteiger partial charge on any atom is -0.487 e. The van der Waals surface area contributed by atoms with Crippen LogP contribution in [-0.2, 0) is 6.42 Å². The molecule has 0 saturated heterocycles. The largest absolute Gasteiger partial charge is 0.487 e. The number of aromatic nitrogens is 4. The summed E-state index contributed by atoms with van der Waals surface area (Å²) < 4.78 is 6.99. The summed E-state index contributed by atoms with van der Waals surface area (Å²) in [6.07, 6.45) is 0.719. The lowest BCUT2D eigenvalue weighted by Gasteiger charge is -2.13. The van der Waals surface area contributed by atoms with E-state index in [9.17, 15) is 14.9 Å². The summed E-state index contributed by atoms with van der Waals surface area (Å²) in [7, 11) is 0. The first-order chi connectivity index (χ1) is 16.8. The maximum absolute atomic E-state index is 12.7. The van der Waals surface area contributed by atoms with Gasteiger partial charge in [-0.05, 0) is 49.8 Å². The summed E-state index contributed by atoms with van der Waals surface area (Å²) >= 11 is 6.74. The molecule has 0 fully saturated rings. The van der Waals surface area contributed by atoms with Gasteiger partial charge in [0.05, 0.1) is 11.5 Å². The molecule has 180 valence electrons. The molecule has 1 amide bonds. The Balaban J connectivity index is 1.51. The quantitative estimate of drug-likeness (QED) is 0.213. The molecule has 0 aliphatic rings. The molecule has 35 heavy (non-hydrogen) atoms. The molecule has 11 nitrogen and oxygen atoms in total. The van der Waals surface area contributed by atoms with Crippen LogP contribution in [0.3, 0.4) is 0 Å². The number of ether oxygens (including phenoxy) is 1. The van der Waals surface area contributed by atoms with Crippen molar-refractivity contribution in [2.24, 2.45) is 0 Å². The molecule has 2 heterocycles. The van der Waals surface area contributed by atoms with Gasteiger partial charge in [-0.15, -0.1) is 10.2 Å². The van der Waals surface area contributed by atoms with Crippen molar-refractivity contribution in [1.29, 1.82) is 0 Å². The van der Waals surface area contributed by atoms with Crippen LogP contribution >= 0.6 is 23.6 Å². The number of carbonyl (C=O) groups excluding carboxylic acids is 1. The van der Waals surface area contributed by atoms with Crippen LogP contribution in [0.4, 0.5) is 11.4 Å². The highest BCUT2D eigenvalue weighted by molar-refractivity contribution is 7.80. The van der Waals surface area contributed by atoms with E-state index in [1.165, 1.54) is 23.5 Å². The van der Waals surface area contributed by atoms with Crippen LogP contribution in [0.25, 0.3) is 15.5 Å². The summed E-state index contributed by atoms with van der Waals surface area (Å²) in [6, 6.07) is 9.74. The Labute approximate surface area is 209 Å². The predicted molar refractivity (Wildman–Crippen MR) is 136 cm³/mol. The third kappa shape index (κ3) is 5.10. The molecule has 0 saturated carbocycles. The second kappa shape index (κ2) is 10.1. The van der Waals surface area contributed by atoms with Gasteiger partial charge in [0.1, 0.15) is 5.01 Å². The fourth-order valence-corrected chi connectivity index (χ4v) is 4.35. The fraction of sp³-hybridized carbons (Fsp3) is 0.227. The Hall–Kier alpha value is -3.97. The molecule has 4 rings (SSSR count). The van der Waals surface area contributed by atoms with Crippen LogP contribution in [0.15, 0.2) is 36.4 Å². The maximum atomic E-state index is 12.7. The molecule has 0 aliphatic heterocycles. The first kappa shape index (κ1) is 24.2. The molecule has 0 unspecified atom stereocenters. The van der Waals surface area contributed by atoms with E-state index in [0.29, 0.717) is 10.6 Å². The molecule has 0 bridgehead atoms. The number of anilines is 1. The molecule has 0 atom stereocenters. The third-order valence-corrected chi connectivity index (χ3v) is 6.20. The number of nitrogens with zero attached hydrogens (tertiary/aromatic N) is 5. The zero-order chi connectivity index (χ0) is 25.1. The van der Waals surface area contributed by atoms with Crippen LogP contribution in [0.2, 0.25) is 0 Å². The van der Waals surface area contributed by atoms with Gasteiger partial charge in [0.25, 0.3) is 5.91 Å². The lowest BCUT2D eigenvalue weighted by atomic mass is 10.1. The summed E-state index contributed by atoms with van der Waals surface area (Å²) in [5.74, 6) is 0.299. The van der Waals surface area contributed by atoms with E-state index in [-0.39, 0.29) is 28.7 Å². The number of amides is 1. The van der Waals surface area contributed by atoms with Gasteiger partial charge in [-0.2, -0.15) is 9.61 Å². The molecule has 0 aliphatic carbocycles. The fourth-order valence-electron chi connectivity index (χ4n) is 3.29. The molecule has 13 heteroatoms. The van der Waals surface area contributed by atoms with Crippen LogP contribution < -0.4 is 15.4 Å². The van der Waals surface area contributed by atoms with Crippen molar-refractivity contribution >= 4 is 50.9 Å². The average Bonchev–Trinajstić information content (AvgIpc) is 3.41. The summed E-state index contributed by atoms with van der Waals surface area (Å²) in [4.78, 5) is 24.1. The normalized spacial score (nSPS) is 10.8. The smallest absolute Gasteiger partial charge is 0.311 e. The van der Waals surface area contributed by atoms with Crippen LogP contribution in [0.1, 0.15) is 35.6 Å². The second-order valence-corrected chi connectivity index (χ2v) is 8.75. The van der Waals surface area contributed by atoms with Gasteiger partial charge in [-0.25, -0.2) is 0 Å². The van der Waals surface area contributed by atoms with Gasteiger partial charge in [-0.3, -0.25) is 20.2 Å². The van der Waals surface area contributed by atoms with E-state index < -0.39 is 10.8 Å². The van der Waals surface area contributed by atoms with E-state index in [2.05, 4.69) is 25.9 Å². The number of benzene rings is 2. The van der Waals surface area contributed by atoms with Crippen molar-refractivity contribution in [3.8, 4) is 16.3 Å². The molecule has 2 N–H and O–H groups in total. The van der Waals surface area contributed by atoms with Crippen molar-refractivity contribution in [1.82, 2.24) is 25.1 Å². The maximum Gasteiger partial charge on any atom is 0.311 e. The molecule has 2 aromatic heterocycles. The van der Waals surface area contributed by atoms with E-state index in [1.54, 1.807) is 11.4 Å². The molecular weight excluding hydrogens is 490 g/mol. The molecule has 4 aromatic rings. The van der Waals surface area contributed by atoms with E-state index in [0.717, 1.165) is 34.4 Å². The van der Waals surface area contributed by atoms with Gasteiger partial charge in [-0.1, -0.05) is 30.4 Å². The third-order valence-electron chi connectivity index (χ3n) is 5.05. The highest BCUT2D eigenvalue weighted by Gasteiger charge is 2.19.